The van der Waals surface area contributed by atoms with Crippen molar-refractivity contribution in [2.45, 2.75) is 71.1 Å². The van der Waals surface area contributed by atoms with Gasteiger partial charge in [-0.3, -0.25) is 0 Å². The Kier molecular flexibility index (Phi) is 11.6. The summed E-state index contributed by atoms with van der Waals surface area (Å²) in [5.74, 6) is 0. The third-order valence-corrected chi connectivity index (χ3v) is 3.77. The Balaban J connectivity index is 1.83. The minimum Gasteiger partial charge on any atom is -0.501 e. The van der Waals surface area contributed by atoms with E-state index in [4.69, 9.17) is 4.74 Å². The van der Waals surface area contributed by atoms with Crippen molar-refractivity contribution < 1.29 is 4.74 Å². The van der Waals surface area contributed by atoms with Crippen molar-refractivity contribution in [3.8, 4) is 0 Å². The molecule has 1 heteroatoms. The summed E-state index contributed by atoms with van der Waals surface area (Å²) in [7, 11) is 0. The van der Waals surface area contributed by atoms with Crippen LogP contribution in [-0.4, -0.2) is 6.61 Å². The van der Waals surface area contributed by atoms with Gasteiger partial charge in [0.15, 0.2) is 0 Å². The van der Waals surface area contributed by atoms with Crippen molar-refractivity contribution in [2.75, 3.05) is 6.61 Å². The Labute approximate surface area is 131 Å². The highest BCUT2D eigenvalue weighted by molar-refractivity contribution is 5.14. The van der Waals surface area contributed by atoms with Gasteiger partial charge >= 0.3 is 0 Å². The highest BCUT2D eigenvalue weighted by Crippen LogP contribution is 2.09. The summed E-state index contributed by atoms with van der Waals surface area (Å²) < 4.78 is 5.53. The van der Waals surface area contributed by atoms with E-state index in [0.29, 0.717) is 0 Å². The van der Waals surface area contributed by atoms with Crippen LogP contribution >= 0.6 is 0 Å². The second kappa shape index (κ2) is 13.7. The van der Waals surface area contributed by atoms with Crippen LogP contribution in [0, 0.1) is 0 Å². The lowest BCUT2D eigenvalue weighted by atomic mass is 10.1. The van der Waals surface area contributed by atoms with E-state index >= 15 is 0 Å². The van der Waals surface area contributed by atoms with Crippen molar-refractivity contribution in [3.05, 3.63) is 48.2 Å². The largest absolute Gasteiger partial charge is 0.501 e. The molecule has 0 aliphatic carbocycles. The van der Waals surface area contributed by atoms with Crippen LogP contribution in [0.5, 0.6) is 0 Å². The zero-order chi connectivity index (χ0) is 15.0. The molecule has 1 aromatic carbocycles. The van der Waals surface area contributed by atoms with Gasteiger partial charge in [0.05, 0.1) is 12.9 Å². The minimum absolute atomic E-state index is 0.776. The molecule has 1 nitrogen and oxygen atoms in total. The Morgan fingerprint density at radius 1 is 0.857 bits per heavy atom. The number of allylic oxidation sites excluding steroid dienone is 1. The first-order valence-corrected chi connectivity index (χ1v) is 8.74. The van der Waals surface area contributed by atoms with Crippen LogP contribution in [0.4, 0.5) is 0 Å². The van der Waals surface area contributed by atoms with Crippen LogP contribution in [-0.2, 0) is 11.2 Å². The maximum Gasteiger partial charge on any atom is 0.0913 e. The summed E-state index contributed by atoms with van der Waals surface area (Å²) in [5, 5.41) is 0. The first-order valence-electron chi connectivity index (χ1n) is 8.74. The number of hydrogen-bond acceptors (Lipinski definition) is 1. The molecule has 0 amide bonds. The van der Waals surface area contributed by atoms with Crippen molar-refractivity contribution in [1.29, 1.82) is 0 Å². The van der Waals surface area contributed by atoms with Crippen molar-refractivity contribution in [1.82, 2.24) is 0 Å². The number of unbranched alkanes of at least 4 members (excludes halogenated alkanes) is 8. The van der Waals surface area contributed by atoms with Crippen LogP contribution in [0.25, 0.3) is 0 Å². The van der Waals surface area contributed by atoms with Crippen LogP contribution in [0.2, 0.25) is 0 Å². The monoisotopic (exact) mass is 288 g/mol. The van der Waals surface area contributed by atoms with Crippen LogP contribution < -0.4 is 0 Å². The van der Waals surface area contributed by atoms with Gasteiger partial charge in [0, 0.05) is 6.42 Å². The molecular weight excluding hydrogens is 256 g/mol. The van der Waals surface area contributed by atoms with Gasteiger partial charge in [-0.2, -0.15) is 0 Å². The Hall–Kier alpha value is -1.24. The molecule has 0 aliphatic heterocycles. The number of ether oxygens (including phenoxy) is 1. The molecule has 0 saturated heterocycles. The SMILES string of the molecule is CCCCCCCCCCC=COCCc1ccccc1. The Morgan fingerprint density at radius 3 is 2.24 bits per heavy atom. The molecular formula is C20H32O. The zero-order valence-corrected chi connectivity index (χ0v) is 13.7. The normalized spacial score (nSPS) is 11.1. The summed E-state index contributed by atoms with van der Waals surface area (Å²) >= 11 is 0. The van der Waals surface area contributed by atoms with Crippen molar-refractivity contribution in [2.24, 2.45) is 0 Å². The van der Waals surface area contributed by atoms with Gasteiger partial charge in [0.2, 0.25) is 0 Å². The molecule has 0 N–H and O–H groups in total. The van der Waals surface area contributed by atoms with E-state index in [-0.39, 0.29) is 0 Å². The van der Waals surface area contributed by atoms with E-state index in [0.717, 1.165) is 19.4 Å². The van der Waals surface area contributed by atoms with Crippen LogP contribution in [0.15, 0.2) is 42.7 Å². The molecule has 0 aromatic heterocycles. The van der Waals surface area contributed by atoms with Gasteiger partial charge in [0.1, 0.15) is 0 Å². The first-order chi connectivity index (χ1) is 10.4. The minimum atomic E-state index is 0.776. The average molecular weight is 288 g/mol. The van der Waals surface area contributed by atoms with E-state index in [1.165, 1.54) is 56.9 Å². The Morgan fingerprint density at radius 2 is 1.52 bits per heavy atom. The number of hydrogen-bond donors (Lipinski definition) is 0. The summed E-state index contributed by atoms with van der Waals surface area (Å²) in [4.78, 5) is 0. The van der Waals surface area contributed by atoms with Gasteiger partial charge in [-0.1, -0.05) is 82.2 Å². The lowest BCUT2D eigenvalue weighted by molar-refractivity contribution is 0.252. The van der Waals surface area contributed by atoms with Crippen molar-refractivity contribution in [3.63, 3.8) is 0 Å². The predicted molar refractivity (Wildman–Crippen MR) is 92.5 cm³/mol. The summed E-state index contributed by atoms with van der Waals surface area (Å²) in [6.07, 6.45) is 17.3. The van der Waals surface area contributed by atoms with E-state index in [9.17, 15) is 0 Å². The highest BCUT2D eigenvalue weighted by Gasteiger charge is 1.91. The van der Waals surface area contributed by atoms with Gasteiger partial charge in [-0.05, 0) is 24.5 Å². The fourth-order valence-electron chi connectivity index (χ4n) is 2.42. The number of rotatable bonds is 13. The van der Waals surface area contributed by atoms with Gasteiger partial charge in [0.25, 0.3) is 0 Å². The van der Waals surface area contributed by atoms with Crippen LogP contribution in [0.3, 0.4) is 0 Å². The lowest BCUT2D eigenvalue weighted by Crippen LogP contribution is -1.93. The summed E-state index contributed by atoms with van der Waals surface area (Å²) in [6.45, 7) is 3.05. The molecule has 0 aliphatic rings. The molecule has 0 atom stereocenters. The summed E-state index contributed by atoms with van der Waals surface area (Å²) in [6, 6.07) is 10.5. The molecule has 0 bridgehead atoms. The number of benzene rings is 1. The predicted octanol–water partition coefficient (Wildman–Crippen LogP) is 6.29. The highest BCUT2D eigenvalue weighted by atomic mass is 16.5. The zero-order valence-electron chi connectivity index (χ0n) is 13.7. The van der Waals surface area contributed by atoms with E-state index in [1.807, 2.05) is 12.3 Å². The van der Waals surface area contributed by atoms with Crippen molar-refractivity contribution >= 4 is 0 Å². The van der Waals surface area contributed by atoms with Gasteiger partial charge in [-0.25, -0.2) is 0 Å². The third-order valence-electron chi connectivity index (χ3n) is 3.77. The lowest BCUT2D eigenvalue weighted by Gasteiger charge is -2.01. The van der Waals surface area contributed by atoms with E-state index in [2.05, 4.69) is 37.3 Å². The maximum absolute atomic E-state index is 5.53. The van der Waals surface area contributed by atoms with E-state index < -0.39 is 0 Å². The molecule has 0 heterocycles. The standard InChI is InChI=1S/C20H32O/c1-2-3-4-5-6-7-8-9-10-14-18-21-19-17-20-15-12-11-13-16-20/h11-16,18H,2-10,17,19H2,1H3. The van der Waals surface area contributed by atoms with Crippen LogP contribution in [0.1, 0.15) is 70.3 Å². The Bertz CT molecular complexity index is 342. The summed E-state index contributed by atoms with van der Waals surface area (Å²) in [5.41, 5.74) is 1.34. The quantitative estimate of drug-likeness (QED) is 0.306. The van der Waals surface area contributed by atoms with E-state index in [1.54, 1.807) is 0 Å². The molecule has 118 valence electrons. The molecule has 21 heavy (non-hydrogen) atoms. The topological polar surface area (TPSA) is 9.23 Å². The maximum atomic E-state index is 5.53. The second-order valence-electron chi connectivity index (χ2n) is 5.74. The fourth-order valence-corrected chi connectivity index (χ4v) is 2.42. The molecule has 0 saturated carbocycles. The second-order valence-corrected chi connectivity index (χ2v) is 5.74. The van der Waals surface area contributed by atoms with Gasteiger partial charge in [-0.15, -0.1) is 0 Å². The smallest absolute Gasteiger partial charge is 0.0913 e. The average Bonchev–Trinajstić information content (AvgIpc) is 2.53. The molecule has 0 unspecified atom stereocenters. The third kappa shape index (κ3) is 11.1. The first kappa shape index (κ1) is 17.8. The molecule has 1 aromatic rings. The molecule has 0 fully saturated rings. The molecule has 0 radical (unpaired) electrons. The van der Waals surface area contributed by atoms with Gasteiger partial charge < -0.3 is 4.74 Å². The fraction of sp³-hybridized carbons (Fsp3) is 0.600. The molecule has 0 spiro atoms. The molecule has 1 rings (SSSR count).